The predicted octanol–water partition coefficient (Wildman–Crippen LogP) is 2.21. The van der Waals surface area contributed by atoms with E-state index in [1.165, 1.54) is 18.4 Å². The van der Waals surface area contributed by atoms with Crippen molar-refractivity contribution in [1.82, 2.24) is 4.72 Å². The minimum atomic E-state index is -3.66. The maximum absolute atomic E-state index is 12.9. The van der Waals surface area contributed by atoms with Crippen molar-refractivity contribution in [3.05, 3.63) is 53.7 Å². The second-order valence-electron chi connectivity index (χ2n) is 3.81. The third-order valence-corrected chi connectivity index (χ3v) is 4.00. The summed E-state index contributed by atoms with van der Waals surface area (Å²) < 4.78 is 44.3. The maximum Gasteiger partial charge on any atom is 0.241 e. The number of furan rings is 1. The fraction of sp³-hybridized carbons (Fsp3) is 0.167. The molecule has 0 radical (unpaired) electrons. The SMILES string of the molecule is Cc1cc(F)ccc1S(=O)(=O)NCc1ccco1. The molecule has 0 amide bonds. The van der Waals surface area contributed by atoms with Gasteiger partial charge in [0.25, 0.3) is 0 Å². The van der Waals surface area contributed by atoms with E-state index >= 15 is 0 Å². The van der Waals surface area contributed by atoms with E-state index in [4.69, 9.17) is 4.42 Å². The van der Waals surface area contributed by atoms with Gasteiger partial charge in [-0.1, -0.05) is 0 Å². The summed E-state index contributed by atoms with van der Waals surface area (Å²) in [5, 5.41) is 0. The number of hydrogen-bond donors (Lipinski definition) is 1. The van der Waals surface area contributed by atoms with Crippen molar-refractivity contribution in [3.63, 3.8) is 0 Å². The lowest BCUT2D eigenvalue weighted by molar-refractivity contribution is 0.498. The molecule has 2 rings (SSSR count). The van der Waals surface area contributed by atoms with Crippen LogP contribution in [-0.2, 0) is 16.6 Å². The van der Waals surface area contributed by atoms with Crippen LogP contribution in [-0.4, -0.2) is 8.42 Å². The molecular weight excluding hydrogens is 257 g/mol. The molecule has 1 heterocycles. The Hall–Kier alpha value is -1.66. The first-order chi connectivity index (χ1) is 8.49. The molecule has 0 spiro atoms. The normalized spacial score (nSPS) is 11.7. The second kappa shape index (κ2) is 4.91. The van der Waals surface area contributed by atoms with Gasteiger partial charge in [0.2, 0.25) is 10.0 Å². The quantitative estimate of drug-likeness (QED) is 0.925. The summed E-state index contributed by atoms with van der Waals surface area (Å²) in [5.74, 6) is 0.0517. The molecule has 18 heavy (non-hydrogen) atoms. The average Bonchev–Trinajstić information content (AvgIpc) is 2.78. The number of sulfonamides is 1. The lowest BCUT2D eigenvalue weighted by Gasteiger charge is -2.08. The number of rotatable bonds is 4. The Labute approximate surface area is 104 Å². The predicted molar refractivity (Wildman–Crippen MR) is 63.9 cm³/mol. The Bertz CT molecular complexity index is 635. The van der Waals surface area contributed by atoms with Gasteiger partial charge in [-0.3, -0.25) is 0 Å². The fourth-order valence-corrected chi connectivity index (χ4v) is 2.79. The maximum atomic E-state index is 12.9. The highest BCUT2D eigenvalue weighted by atomic mass is 32.2. The summed E-state index contributed by atoms with van der Waals surface area (Å²) in [4.78, 5) is 0.0652. The van der Waals surface area contributed by atoms with Gasteiger partial charge in [-0.2, -0.15) is 0 Å². The molecule has 0 aliphatic rings. The molecule has 1 aromatic carbocycles. The molecule has 0 atom stereocenters. The summed E-state index contributed by atoms with van der Waals surface area (Å²) in [6, 6.07) is 6.89. The van der Waals surface area contributed by atoms with Gasteiger partial charge < -0.3 is 4.42 Å². The van der Waals surface area contributed by atoms with E-state index in [1.54, 1.807) is 19.1 Å². The molecule has 2 aromatic rings. The lowest BCUT2D eigenvalue weighted by Crippen LogP contribution is -2.23. The zero-order valence-electron chi connectivity index (χ0n) is 9.68. The van der Waals surface area contributed by atoms with Crippen LogP contribution in [0.4, 0.5) is 4.39 Å². The van der Waals surface area contributed by atoms with Crippen LogP contribution in [0.5, 0.6) is 0 Å². The average molecular weight is 269 g/mol. The third-order valence-electron chi connectivity index (χ3n) is 2.44. The third kappa shape index (κ3) is 2.77. The first kappa shape index (κ1) is 12.8. The topological polar surface area (TPSA) is 59.3 Å². The van der Waals surface area contributed by atoms with Crippen LogP contribution in [0.15, 0.2) is 45.9 Å². The summed E-state index contributed by atoms with van der Waals surface area (Å²) in [7, 11) is -3.66. The molecule has 0 fully saturated rings. The first-order valence-corrected chi connectivity index (χ1v) is 6.75. The van der Waals surface area contributed by atoms with Crippen LogP contribution >= 0.6 is 0 Å². The summed E-state index contributed by atoms with van der Waals surface area (Å²) >= 11 is 0. The van der Waals surface area contributed by atoms with Crippen LogP contribution in [0.2, 0.25) is 0 Å². The van der Waals surface area contributed by atoms with Gasteiger partial charge in [0.15, 0.2) is 0 Å². The highest BCUT2D eigenvalue weighted by Crippen LogP contribution is 2.16. The Morgan fingerprint density at radius 3 is 2.72 bits per heavy atom. The zero-order valence-corrected chi connectivity index (χ0v) is 10.5. The molecule has 0 unspecified atom stereocenters. The lowest BCUT2D eigenvalue weighted by atomic mass is 10.2. The molecule has 4 nitrogen and oxygen atoms in total. The number of nitrogens with one attached hydrogen (secondary N) is 1. The summed E-state index contributed by atoms with van der Waals surface area (Å²) in [6.45, 7) is 1.61. The summed E-state index contributed by atoms with van der Waals surface area (Å²) in [6.07, 6.45) is 1.47. The molecule has 0 aliphatic carbocycles. The van der Waals surface area contributed by atoms with Crippen molar-refractivity contribution in [2.24, 2.45) is 0 Å². The van der Waals surface area contributed by atoms with E-state index in [2.05, 4.69) is 4.72 Å². The van der Waals surface area contributed by atoms with Crippen LogP contribution in [0.3, 0.4) is 0 Å². The Balaban J connectivity index is 2.20. The molecule has 1 aromatic heterocycles. The second-order valence-corrected chi connectivity index (χ2v) is 5.55. The Morgan fingerprint density at radius 2 is 2.11 bits per heavy atom. The van der Waals surface area contributed by atoms with Crippen molar-refractivity contribution >= 4 is 10.0 Å². The molecule has 0 saturated carbocycles. The van der Waals surface area contributed by atoms with Crippen LogP contribution in [0.1, 0.15) is 11.3 Å². The van der Waals surface area contributed by atoms with Gasteiger partial charge in [0.1, 0.15) is 11.6 Å². The van der Waals surface area contributed by atoms with E-state index in [-0.39, 0.29) is 11.4 Å². The minimum absolute atomic E-state index is 0.0617. The van der Waals surface area contributed by atoms with E-state index in [0.29, 0.717) is 11.3 Å². The largest absolute Gasteiger partial charge is 0.468 e. The highest BCUT2D eigenvalue weighted by molar-refractivity contribution is 7.89. The van der Waals surface area contributed by atoms with Crippen molar-refractivity contribution < 1.29 is 17.2 Å². The van der Waals surface area contributed by atoms with E-state index in [0.717, 1.165) is 6.07 Å². The number of hydrogen-bond acceptors (Lipinski definition) is 3. The van der Waals surface area contributed by atoms with Gasteiger partial charge in [-0.05, 0) is 42.8 Å². The van der Waals surface area contributed by atoms with Crippen molar-refractivity contribution in [2.75, 3.05) is 0 Å². The zero-order chi connectivity index (χ0) is 13.2. The molecular formula is C12H12FNO3S. The van der Waals surface area contributed by atoms with E-state index in [1.807, 2.05) is 0 Å². The van der Waals surface area contributed by atoms with Crippen molar-refractivity contribution in [2.45, 2.75) is 18.4 Å². The molecule has 1 N–H and O–H groups in total. The van der Waals surface area contributed by atoms with Crippen molar-refractivity contribution in [1.29, 1.82) is 0 Å². The monoisotopic (exact) mass is 269 g/mol. The van der Waals surface area contributed by atoms with Gasteiger partial charge in [0, 0.05) is 0 Å². The molecule has 0 bridgehead atoms. The molecule has 0 saturated heterocycles. The molecule has 6 heteroatoms. The summed E-state index contributed by atoms with van der Waals surface area (Å²) in [5.41, 5.74) is 0.363. The standard InChI is InChI=1S/C12H12FNO3S/c1-9-7-10(13)4-5-12(9)18(15,16)14-8-11-3-2-6-17-11/h2-7,14H,8H2,1H3. The smallest absolute Gasteiger partial charge is 0.241 e. The molecule has 0 aliphatic heterocycles. The Morgan fingerprint density at radius 1 is 1.33 bits per heavy atom. The number of benzene rings is 1. The number of halogens is 1. The van der Waals surface area contributed by atoms with E-state index in [9.17, 15) is 12.8 Å². The van der Waals surface area contributed by atoms with Gasteiger partial charge in [-0.25, -0.2) is 17.5 Å². The fourth-order valence-electron chi connectivity index (χ4n) is 1.57. The highest BCUT2D eigenvalue weighted by Gasteiger charge is 2.17. The van der Waals surface area contributed by atoms with E-state index < -0.39 is 15.8 Å². The Kier molecular flexibility index (Phi) is 3.49. The van der Waals surface area contributed by atoms with Crippen molar-refractivity contribution in [3.8, 4) is 0 Å². The van der Waals surface area contributed by atoms with Gasteiger partial charge in [0.05, 0.1) is 17.7 Å². The minimum Gasteiger partial charge on any atom is -0.468 e. The van der Waals surface area contributed by atoms with Crippen LogP contribution in [0, 0.1) is 12.7 Å². The molecule has 96 valence electrons. The van der Waals surface area contributed by atoms with Crippen LogP contribution < -0.4 is 4.72 Å². The van der Waals surface area contributed by atoms with Gasteiger partial charge in [-0.15, -0.1) is 0 Å². The van der Waals surface area contributed by atoms with Crippen LogP contribution in [0.25, 0.3) is 0 Å². The first-order valence-electron chi connectivity index (χ1n) is 5.27. The number of aryl methyl sites for hydroxylation is 1. The van der Waals surface area contributed by atoms with Gasteiger partial charge >= 0.3 is 0 Å².